The highest BCUT2D eigenvalue weighted by atomic mass is 16.5. The number of hydrogen-bond donors (Lipinski definition) is 1. The summed E-state index contributed by atoms with van der Waals surface area (Å²) in [7, 11) is 0. The Morgan fingerprint density at radius 2 is 1.65 bits per heavy atom. The van der Waals surface area contributed by atoms with Crippen LogP contribution in [0.25, 0.3) is 11.1 Å². The van der Waals surface area contributed by atoms with Crippen molar-refractivity contribution >= 4 is 11.4 Å². The highest BCUT2D eigenvalue weighted by Crippen LogP contribution is 2.54. The third-order valence-electron chi connectivity index (χ3n) is 8.39. The van der Waals surface area contributed by atoms with E-state index in [1.54, 1.807) is 12.3 Å². The fourth-order valence-corrected chi connectivity index (χ4v) is 6.67. The topological polar surface area (TPSA) is 48.8 Å². The number of aromatic nitrogens is 1. The normalized spacial score (nSPS) is 22.3. The van der Waals surface area contributed by atoms with Crippen molar-refractivity contribution in [3.8, 4) is 28.4 Å². The number of hydrogen-bond acceptors (Lipinski definition) is 5. The van der Waals surface area contributed by atoms with Gasteiger partial charge in [-0.2, -0.15) is 0 Å². The van der Waals surface area contributed by atoms with Gasteiger partial charge in [0.15, 0.2) is 17.2 Å². The third kappa shape index (κ3) is 4.04. The van der Waals surface area contributed by atoms with E-state index in [9.17, 15) is 5.11 Å². The minimum Gasteiger partial charge on any atom is -0.504 e. The molecule has 2 atom stereocenters. The van der Waals surface area contributed by atoms with Crippen LogP contribution in [0.4, 0.5) is 11.4 Å². The van der Waals surface area contributed by atoms with Crippen molar-refractivity contribution in [1.82, 2.24) is 9.88 Å². The Bertz CT molecular complexity index is 1390. The number of piperidine rings is 1. The van der Waals surface area contributed by atoms with Crippen LogP contribution in [0, 0.1) is 0 Å². The molecule has 5 heteroatoms. The average molecular weight is 490 g/mol. The Morgan fingerprint density at radius 3 is 2.43 bits per heavy atom. The molecule has 37 heavy (non-hydrogen) atoms. The molecule has 1 aromatic heterocycles. The Balaban J connectivity index is 1.20. The standard InChI is InChI=1S/C32H31N3O2/c36-30-10-4-9-29-32(30)37-31-18-23(24-8-5-16-33-21-24)11-14-28(31)35(29)27-19-25-12-13-26(20-27)34(25)17-15-22-6-2-1-3-7-22/h1-11,14,16,18,21,25-27,36H,12-13,15,17,19-20H2. The van der Waals surface area contributed by atoms with E-state index in [4.69, 9.17) is 4.74 Å². The number of aromatic hydroxyl groups is 1. The third-order valence-corrected chi connectivity index (χ3v) is 8.39. The van der Waals surface area contributed by atoms with Gasteiger partial charge < -0.3 is 14.7 Å². The van der Waals surface area contributed by atoms with E-state index in [0.29, 0.717) is 23.9 Å². The molecule has 186 valence electrons. The zero-order valence-corrected chi connectivity index (χ0v) is 20.8. The first kappa shape index (κ1) is 22.4. The number of benzene rings is 3. The smallest absolute Gasteiger partial charge is 0.192 e. The fraction of sp³-hybridized carbons (Fsp3) is 0.281. The van der Waals surface area contributed by atoms with E-state index in [0.717, 1.165) is 54.1 Å². The number of pyridine rings is 1. The van der Waals surface area contributed by atoms with Crippen molar-refractivity contribution in [3.63, 3.8) is 0 Å². The molecule has 4 heterocycles. The summed E-state index contributed by atoms with van der Waals surface area (Å²) in [6.45, 7) is 1.12. The largest absolute Gasteiger partial charge is 0.504 e. The quantitative estimate of drug-likeness (QED) is 0.329. The van der Waals surface area contributed by atoms with E-state index in [-0.39, 0.29) is 5.75 Å². The predicted molar refractivity (Wildman–Crippen MR) is 147 cm³/mol. The van der Waals surface area contributed by atoms with Crippen LogP contribution in [0.5, 0.6) is 17.2 Å². The Hall–Kier alpha value is -3.83. The van der Waals surface area contributed by atoms with Crippen LogP contribution < -0.4 is 9.64 Å². The maximum atomic E-state index is 10.8. The molecular formula is C32H31N3O2. The number of nitrogens with zero attached hydrogens (tertiary/aromatic N) is 3. The average Bonchev–Trinajstić information content (AvgIpc) is 3.18. The number of para-hydroxylation sites is 1. The maximum Gasteiger partial charge on any atom is 0.192 e. The van der Waals surface area contributed by atoms with Crippen molar-refractivity contribution < 1.29 is 9.84 Å². The number of anilines is 2. The molecule has 0 radical (unpaired) electrons. The molecule has 5 nitrogen and oxygen atoms in total. The second-order valence-corrected chi connectivity index (χ2v) is 10.5. The molecule has 7 rings (SSSR count). The lowest BCUT2D eigenvalue weighted by molar-refractivity contribution is 0.129. The molecule has 4 aromatic rings. The fourth-order valence-electron chi connectivity index (χ4n) is 6.67. The number of ether oxygens (including phenoxy) is 1. The monoisotopic (exact) mass is 489 g/mol. The van der Waals surface area contributed by atoms with Crippen molar-refractivity contribution in [3.05, 3.63) is 96.8 Å². The Kier molecular flexibility index (Phi) is 5.59. The molecule has 2 saturated heterocycles. The molecule has 3 aliphatic rings. The van der Waals surface area contributed by atoms with Gasteiger partial charge >= 0.3 is 0 Å². The van der Waals surface area contributed by atoms with Gasteiger partial charge in [0.05, 0.1) is 11.4 Å². The van der Waals surface area contributed by atoms with Gasteiger partial charge in [0.1, 0.15) is 0 Å². The number of rotatable bonds is 5. The van der Waals surface area contributed by atoms with Crippen LogP contribution >= 0.6 is 0 Å². The first-order valence-electron chi connectivity index (χ1n) is 13.4. The van der Waals surface area contributed by atoms with Gasteiger partial charge in [0.2, 0.25) is 0 Å². The van der Waals surface area contributed by atoms with Gasteiger partial charge in [-0.15, -0.1) is 0 Å². The van der Waals surface area contributed by atoms with Gasteiger partial charge in [0.25, 0.3) is 0 Å². The summed E-state index contributed by atoms with van der Waals surface area (Å²) in [6, 6.07) is 28.5. The first-order chi connectivity index (χ1) is 18.2. The van der Waals surface area contributed by atoms with Crippen LogP contribution in [-0.4, -0.2) is 39.7 Å². The lowest BCUT2D eigenvalue weighted by Gasteiger charge is -2.46. The predicted octanol–water partition coefficient (Wildman–Crippen LogP) is 6.94. The van der Waals surface area contributed by atoms with E-state index in [1.807, 2.05) is 18.3 Å². The van der Waals surface area contributed by atoms with Crippen molar-refractivity contribution in [2.24, 2.45) is 0 Å². The molecule has 0 saturated carbocycles. The molecule has 0 spiro atoms. The van der Waals surface area contributed by atoms with Crippen LogP contribution in [0.2, 0.25) is 0 Å². The summed E-state index contributed by atoms with van der Waals surface area (Å²) in [5, 5.41) is 10.8. The Morgan fingerprint density at radius 1 is 0.811 bits per heavy atom. The minimum absolute atomic E-state index is 0.184. The molecule has 2 unspecified atom stereocenters. The molecule has 3 aliphatic heterocycles. The van der Waals surface area contributed by atoms with Gasteiger partial charge in [-0.25, -0.2) is 0 Å². The highest BCUT2D eigenvalue weighted by Gasteiger charge is 2.44. The molecule has 1 N–H and O–H groups in total. The first-order valence-corrected chi connectivity index (χ1v) is 13.4. The lowest BCUT2D eigenvalue weighted by Crippen LogP contribution is -2.50. The van der Waals surface area contributed by atoms with Crippen molar-refractivity contribution in [2.45, 2.75) is 50.2 Å². The molecule has 0 aliphatic carbocycles. The summed E-state index contributed by atoms with van der Waals surface area (Å²) in [5.74, 6) is 1.52. The van der Waals surface area contributed by atoms with Crippen LogP contribution in [0.15, 0.2) is 91.3 Å². The van der Waals surface area contributed by atoms with E-state index < -0.39 is 0 Å². The van der Waals surface area contributed by atoms with E-state index in [1.165, 1.54) is 18.4 Å². The van der Waals surface area contributed by atoms with Crippen LogP contribution in [0.1, 0.15) is 31.2 Å². The summed E-state index contributed by atoms with van der Waals surface area (Å²) in [4.78, 5) is 9.49. The number of phenols is 1. The number of phenolic OH excluding ortho intramolecular Hbond substituents is 1. The summed E-state index contributed by atoms with van der Waals surface area (Å²) in [6.07, 6.45) is 9.52. The zero-order chi connectivity index (χ0) is 24.8. The second-order valence-electron chi connectivity index (χ2n) is 10.5. The van der Waals surface area contributed by atoms with Gasteiger partial charge in [-0.1, -0.05) is 48.5 Å². The SMILES string of the molecule is Oc1cccc2c1Oc1cc(-c3cccnc3)ccc1N2C1CC2CCC(C1)N2CCc1ccccc1. The maximum absolute atomic E-state index is 10.8. The Labute approximate surface area is 218 Å². The zero-order valence-electron chi connectivity index (χ0n) is 20.8. The summed E-state index contributed by atoms with van der Waals surface area (Å²) >= 11 is 0. The second kappa shape index (κ2) is 9.24. The minimum atomic E-state index is 0.184. The van der Waals surface area contributed by atoms with E-state index in [2.05, 4.69) is 75.4 Å². The van der Waals surface area contributed by atoms with Crippen LogP contribution in [-0.2, 0) is 6.42 Å². The lowest BCUT2D eigenvalue weighted by atomic mass is 9.93. The summed E-state index contributed by atoms with van der Waals surface area (Å²) in [5.41, 5.74) is 5.56. The van der Waals surface area contributed by atoms with Crippen molar-refractivity contribution in [1.29, 1.82) is 0 Å². The molecule has 2 bridgehead atoms. The van der Waals surface area contributed by atoms with Gasteiger partial charge in [0, 0.05) is 42.6 Å². The highest BCUT2D eigenvalue weighted by molar-refractivity contribution is 5.83. The van der Waals surface area contributed by atoms with E-state index >= 15 is 0 Å². The molecule has 2 fully saturated rings. The van der Waals surface area contributed by atoms with Crippen LogP contribution in [0.3, 0.4) is 0 Å². The molecule has 3 aromatic carbocycles. The summed E-state index contributed by atoms with van der Waals surface area (Å²) < 4.78 is 6.35. The molecule has 0 amide bonds. The number of fused-ring (bicyclic) bond motifs is 4. The van der Waals surface area contributed by atoms with Gasteiger partial charge in [-0.3, -0.25) is 9.88 Å². The molecular weight excluding hydrogens is 458 g/mol. The van der Waals surface area contributed by atoms with Gasteiger partial charge in [-0.05, 0) is 73.6 Å². The van der Waals surface area contributed by atoms with Crippen molar-refractivity contribution in [2.75, 3.05) is 11.4 Å².